The molecule has 2 amide bonds. The van der Waals surface area contributed by atoms with Crippen molar-refractivity contribution in [1.82, 2.24) is 15.1 Å². The largest absolute Gasteiger partial charge is 0.496 e. The van der Waals surface area contributed by atoms with E-state index < -0.39 is 9.84 Å². The van der Waals surface area contributed by atoms with Crippen LogP contribution in [0.3, 0.4) is 0 Å². The topological polar surface area (TPSA) is 79.0 Å². The Hall–Kier alpha value is -1.80. The summed E-state index contributed by atoms with van der Waals surface area (Å²) in [6.07, 6.45) is 1.43. The second-order valence-corrected chi connectivity index (χ2v) is 9.10. The molecular formula is C18H27N3O4S. The van der Waals surface area contributed by atoms with E-state index in [0.717, 1.165) is 30.8 Å². The Morgan fingerprint density at radius 2 is 1.96 bits per heavy atom. The summed E-state index contributed by atoms with van der Waals surface area (Å²) >= 11 is 0. The van der Waals surface area contributed by atoms with Crippen molar-refractivity contribution in [2.24, 2.45) is 0 Å². The van der Waals surface area contributed by atoms with Gasteiger partial charge in [0.2, 0.25) is 0 Å². The summed E-state index contributed by atoms with van der Waals surface area (Å²) in [5, 5.41) is 2.97. The van der Waals surface area contributed by atoms with Gasteiger partial charge in [0.05, 0.1) is 18.6 Å². The maximum atomic E-state index is 12.3. The van der Waals surface area contributed by atoms with Gasteiger partial charge in [0, 0.05) is 38.8 Å². The molecule has 0 spiro atoms. The van der Waals surface area contributed by atoms with Gasteiger partial charge in [0.15, 0.2) is 9.84 Å². The highest BCUT2D eigenvalue weighted by Gasteiger charge is 2.34. The molecule has 2 saturated heterocycles. The van der Waals surface area contributed by atoms with Crippen molar-refractivity contribution in [2.75, 3.05) is 51.3 Å². The summed E-state index contributed by atoms with van der Waals surface area (Å²) < 4.78 is 28.6. The second-order valence-electron chi connectivity index (χ2n) is 6.87. The van der Waals surface area contributed by atoms with Gasteiger partial charge in [-0.3, -0.25) is 4.90 Å². The molecule has 2 aliphatic rings. The Morgan fingerprint density at radius 1 is 1.23 bits per heavy atom. The van der Waals surface area contributed by atoms with E-state index in [2.05, 4.69) is 10.2 Å². The molecule has 1 unspecified atom stereocenters. The average Bonchev–Trinajstić information content (AvgIpc) is 3.02. The highest BCUT2D eigenvalue weighted by Crippen LogP contribution is 2.19. The first-order chi connectivity index (χ1) is 12.5. The minimum Gasteiger partial charge on any atom is -0.496 e. The van der Waals surface area contributed by atoms with Crippen molar-refractivity contribution >= 4 is 15.9 Å². The van der Waals surface area contributed by atoms with Crippen LogP contribution >= 0.6 is 0 Å². The molecular weight excluding hydrogens is 354 g/mol. The molecule has 2 fully saturated rings. The molecule has 1 aromatic rings. The van der Waals surface area contributed by atoms with E-state index in [0.29, 0.717) is 31.8 Å². The van der Waals surface area contributed by atoms with Crippen LogP contribution in [-0.2, 0) is 16.3 Å². The third-order valence-electron chi connectivity index (χ3n) is 5.19. The van der Waals surface area contributed by atoms with Gasteiger partial charge in [-0.2, -0.15) is 0 Å². The molecule has 0 aromatic heterocycles. The number of hydrogen-bond acceptors (Lipinski definition) is 5. The number of rotatable bonds is 5. The molecule has 8 heteroatoms. The van der Waals surface area contributed by atoms with Crippen LogP contribution in [0.25, 0.3) is 0 Å². The number of ether oxygens (including phenoxy) is 1. The fourth-order valence-corrected chi connectivity index (χ4v) is 5.44. The molecule has 0 radical (unpaired) electrons. The van der Waals surface area contributed by atoms with E-state index >= 15 is 0 Å². The lowest BCUT2D eigenvalue weighted by atomic mass is 10.1. The standard InChI is InChI=1S/C18H27N3O4S/c1-25-17-5-3-2-4-15(17)6-8-19-18(22)21-11-9-20(10-12-21)16-7-13-26(23,24)14-16/h2-5,16H,6-14H2,1H3,(H,19,22). The van der Waals surface area contributed by atoms with E-state index in [-0.39, 0.29) is 17.8 Å². The first-order valence-electron chi connectivity index (χ1n) is 9.07. The lowest BCUT2D eigenvalue weighted by molar-refractivity contribution is 0.116. The van der Waals surface area contributed by atoms with Gasteiger partial charge in [-0.05, 0) is 24.5 Å². The average molecular weight is 381 g/mol. The fraction of sp³-hybridized carbons (Fsp3) is 0.611. The molecule has 0 aliphatic carbocycles. The number of para-hydroxylation sites is 1. The van der Waals surface area contributed by atoms with E-state index in [1.807, 2.05) is 29.2 Å². The molecule has 2 aliphatic heterocycles. The summed E-state index contributed by atoms with van der Waals surface area (Å²) in [7, 11) is -1.22. The van der Waals surface area contributed by atoms with Crippen LogP contribution in [0, 0.1) is 0 Å². The molecule has 7 nitrogen and oxygen atoms in total. The fourth-order valence-electron chi connectivity index (χ4n) is 3.68. The van der Waals surface area contributed by atoms with Gasteiger partial charge in [0.1, 0.15) is 5.75 Å². The Balaban J connectivity index is 1.41. The smallest absolute Gasteiger partial charge is 0.317 e. The van der Waals surface area contributed by atoms with Crippen molar-refractivity contribution < 1.29 is 17.9 Å². The molecule has 144 valence electrons. The van der Waals surface area contributed by atoms with E-state index in [4.69, 9.17) is 4.74 Å². The quantitative estimate of drug-likeness (QED) is 0.814. The third-order valence-corrected chi connectivity index (χ3v) is 6.94. The number of benzene rings is 1. The molecule has 26 heavy (non-hydrogen) atoms. The van der Waals surface area contributed by atoms with Crippen molar-refractivity contribution in [3.63, 3.8) is 0 Å². The predicted octanol–water partition coefficient (Wildman–Crippen LogP) is 0.752. The predicted molar refractivity (Wildman–Crippen MR) is 100 cm³/mol. The highest BCUT2D eigenvalue weighted by atomic mass is 32.2. The first kappa shape index (κ1) is 19.0. The Bertz CT molecular complexity index is 730. The number of urea groups is 1. The van der Waals surface area contributed by atoms with Crippen molar-refractivity contribution in [3.8, 4) is 5.75 Å². The zero-order chi connectivity index (χ0) is 18.6. The number of nitrogens with zero attached hydrogens (tertiary/aromatic N) is 2. The number of hydrogen-bond donors (Lipinski definition) is 1. The number of nitrogens with one attached hydrogen (secondary N) is 1. The molecule has 3 rings (SSSR count). The van der Waals surface area contributed by atoms with Crippen LogP contribution in [0.4, 0.5) is 4.79 Å². The molecule has 1 N–H and O–H groups in total. The summed E-state index contributed by atoms with van der Waals surface area (Å²) in [5.74, 6) is 1.39. The number of carbonyl (C=O) groups is 1. The monoisotopic (exact) mass is 381 g/mol. The number of carbonyl (C=O) groups excluding carboxylic acids is 1. The normalized spacial score (nSPS) is 23.0. The van der Waals surface area contributed by atoms with Gasteiger partial charge in [0.25, 0.3) is 0 Å². The summed E-state index contributed by atoms with van der Waals surface area (Å²) in [4.78, 5) is 16.4. The number of piperazine rings is 1. The Morgan fingerprint density at radius 3 is 2.62 bits per heavy atom. The van der Waals surface area contributed by atoms with Gasteiger partial charge >= 0.3 is 6.03 Å². The lowest BCUT2D eigenvalue weighted by Crippen LogP contribution is -2.54. The van der Waals surface area contributed by atoms with Crippen molar-refractivity contribution in [3.05, 3.63) is 29.8 Å². The molecule has 2 heterocycles. The van der Waals surface area contributed by atoms with Gasteiger partial charge in [-0.1, -0.05) is 18.2 Å². The van der Waals surface area contributed by atoms with Gasteiger partial charge in [-0.25, -0.2) is 13.2 Å². The number of methoxy groups -OCH3 is 1. The summed E-state index contributed by atoms with van der Waals surface area (Å²) in [6, 6.07) is 7.87. The molecule has 1 aromatic carbocycles. The van der Waals surface area contributed by atoms with Crippen LogP contribution in [0.5, 0.6) is 5.75 Å². The Kier molecular flexibility index (Phi) is 6.03. The van der Waals surface area contributed by atoms with Crippen molar-refractivity contribution in [2.45, 2.75) is 18.9 Å². The summed E-state index contributed by atoms with van der Waals surface area (Å²) in [5.41, 5.74) is 1.07. The van der Waals surface area contributed by atoms with Crippen molar-refractivity contribution in [1.29, 1.82) is 0 Å². The summed E-state index contributed by atoms with van der Waals surface area (Å²) in [6.45, 7) is 3.30. The minimum absolute atomic E-state index is 0.0569. The van der Waals surface area contributed by atoms with Gasteiger partial charge < -0.3 is 15.0 Å². The van der Waals surface area contributed by atoms with E-state index in [9.17, 15) is 13.2 Å². The maximum Gasteiger partial charge on any atom is 0.317 e. The van der Waals surface area contributed by atoms with Gasteiger partial charge in [-0.15, -0.1) is 0 Å². The SMILES string of the molecule is COc1ccccc1CCNC(=O)N1CCN(C2CCS(=O)(=O)C2)CC1. The number of sulfone groups is 1. The molecule has 1 atom stereocenters. The zero-order valence-corrected chi connectivity index (χ0v) is 16.0. The molecule has 0 bridgehead atoms. The zero-order valence-electron chi connectivity index (χ0n) is 15.2. The van der Waals surface area contributed by atoms with Crippen LogP contribution in [0.2, 0.25) is 0 Å². The van der Waals surface area contributed by atoms with Crippen LogP contribution in [0.15, 0.2) is 24.3 Å². The molecule has 0 saturated carbocycles. The van der Waals surface area contributed by atoms with Crippen LogP contribution in [0.1, 0.15) is 12.0 Å². The number of amides is 2. The van der Waals surface area contributed by atoms with E-state index in [1.165, 1.54) is 0 Å². The Labute approximate surface area is 155 Å². The third kappa shape index (κ3) is 4.67. The lowest BCUT2D eigenvalue weighted by Gasteiger charge is -2.37. The van der Waals surface area contributed by atoms with E-state index in [1.54, 1.807) is 7.11 Å². The minimum atomic E-state index is -2.86. The first-order valence-corrected chi connectivity index (χ1v) is 10.9. The van der Waals surface area contributed by atoms with Crippen LogP contribution < -0.4 is 10.1 Å². The van der Waals surface area contributed by atoms with Crippen LogP contribution in [-0.4, -0.2) is 81.6 Å². The second kappa shape index (κ2) is 8.26. The maximum absolute atomic E-state index is 12.3. The highest BCUT2D eigenvalue weighted by molar-refractivity contribution is 7.91.